The first-order chi connectivity index (χ1) is 25.5. The lowest BCUT2D eigenvalue weighted by molar-refractivity contribution is -0.0580. The minimum Gasteiger partial charge on any atom is -0.387 e. The van der Waals surface area contributed by atoms with E-state index in [1.54, 1.807) is 18.0 Å². The smallest absolute Gasteiger partial charge is 0.168 e. The second kappa shape index (κ2) is 15.0. The number of nitrogens with two attached hydrogens (primary N) is 1. The molecule has 0 radical (unpaired) electrons. The van der Waals surface area contributed by atoms with Crippen molar-refractivity contribution >= 4 is 17.0 Å². The van der Waals surface area contributed by atoms with Gasteiger partial charge < -0.3 is 36.1 Å². The normalized spacial score (nSPS) is 27.1. The van der Waals surface area contributed by atoms with Gasteiger partial charge in [-0.1, -0.05) is 91.3 Å². The number of aliphatic hydroxyl groups excluding tert-OH is 2. The molecule has 1 aliphatic heterocycles. The molecule has 2 saturated carbocycles. The van der Waals surface area contributed by atoms with Crippen LogP contribution in [0.5, 0.6) is 0 Å². The molecule has 4 unspecified atom stereocenters. The van der Waals surface area contributed by atoms with Gasteiger partial charge in [0.05, 0.1) is 19.5 Å². The number of anilines is 1. The summed E-state index contributed by atoms with van der Waals surface area (Å²) in [6, 6.07) is 29.9. The zero-order valence-electron chi connectivity index (χ0n) is 29.6. The van der Waals surface area contributed by atoms with Crippen LogP contribution in [0.25, 0.3) is 11.2 Å². The van der Waals surface area contributed by atoms with E-state index < -0.39 is 24.5 Å². The van der Waals surface area contributed by atoms with Gasteiger partial charge in [0.15, 0.2) is 23.2 Å². The number of ether oxygens (including phenoxy) is 2. The first kappa shape index (κ1) is 34.8. The summed E-state index contributed by atoms with van der Waals surface area (Å²) in [7, 11) is 1.54. The van der Waals surface area contributed by atoms with Crippen LogP contribution < -0.4 is 16.4 Å². The van der Waals surface area contributed by atoms with Crippen molar-refractivity contribution in [2.45, 2.75) is 87.6 Å². The van der Waals surface area contributed by atoms with Crippen molar-refractivity contribution in [3.8, 4) is 0 Å². The standard InChI is InChI=1S/C41H49N7O4/c1-51-24-32-36(49)37(50)40(52-32)48-25-45-35-38(44-22-31(26-11-4-2-5-12-26)27-13-6-3-7-14-27)46-34(47-39(35)48)23-43-33-20-41(33)18-10-16-28(19-41)30-17-9-8-15-29(30)21-42/h2-9,11-15,17,25,28,31-33,36-37,40,43,49-50H,10,16,18-24,42H2,1H3,(H,44,46,47)/t28?,32?,33?,36-,37-,40-,41?/m1/s1. The van der Waals surface area contributed by atoms with Crippen LogP contribution in [-0.4, -0.2) is 74.3 Å². The third-order valence-electron chi connectivity index (χ3n) is 11.6. The molecule has 52 heavy (non-hydrogen) atoms. The van der Waals surface area contributed by atoms with Crippen molar-refractivity contribution in [1.82, 2.24) is 24.8 Å². The lowest BCUT2D eigenvalue weighted by atomic mass is 9.74. The Morgan fingerprint density at radius 1 is 0.962 bits per heavy atom. The van der Waals surface area contributed by atoms with Crippen LogP contribution in [0, 0.1) is 5.41 Å². The monoisotopic (exact) mass is 703 g/mol. The van der Waals surface area contributed by atoms with Crippen molar-refractivity contribution in [3.63, 3.8) is 0 Å². The first-order valence-corrected chi connectivity index (χ1v) is 18.6. The summed E-state index contributed by atoms with van der Waals surface area (Å²) in [6.07, 6.45) is 3.68. The van der Waals surface area contributed by atoms with E-state index in [1.807, 2.05) is 12.1 Å². The Kier molecular flexibility index (Phi) is 10.1. The summed E-state index contributed by atoms with van der Waals surface area (Å²) in [4.78, 5) is 14.8. The van der Waals surface area contributed by atoms with Gasteiger partial charge in [-0.05, 0) is 59.3 Å². The third-order valence-corrected chi connectivity index (χ3v) is 11.6. The number of nitrogens with zero attached hydrogens (tertiary/aromatic N) is 4. The van der Waals surface area contributed by atoms with Gasteiger partial charge in [0.1, 0.15) is 24.1 Å². The summed E-state index contributed by atoms with van der Waals surface area (Å²) in [5.41, 5.74) is 12.5. The molecule has 6 N–H and O–H groups in total. The van der Waals surface area contributed by atoms with Gasteiger partial charge in [-0.15, -0.1) is 0 Å². The molecular formula is C41H49N7O4. The van der Waals surface area contributed by atoms with Gasteiger partial charge in [-0.25, -0.2) is 15.0 Å². The zero-order chi connectivity index (χ0) is 35.7. The van der Waals surface area contributed by atoms with Gasteiger partial charge in [-0.2, -0.15) is 0 Å². The molecular weight excluding hydrogens is 654 g/mol. The molecule has 5 aromatic rings. The fourth-order valence-corrected chi connectivity index (χ4v) is 8.74. The Hall–Kier alpha value is -4.23. The second-order valence-corrected chi connectivity index (χ2v) is 14.8. The molecule has 1 spiro atoms. The Labute approximate surface area is 304 Å². The summed E-state index contributed by atoms with van der Waals surface area (Å²) < 4.78 is 13.1. The number of imidazole rings is 1. The lowest BCUT2D eigenvalue weighted by Gasteiger charge is -2.31. The van der Waals surface area contributed by atoms with Gasteiger partial charge in [0.2, 0.25) is 0 Å². The second-order valence-electron chi connectivity index (χ2n) is 14.8. The van der Waals surface area contributed by atoms with E-state index in [1.165, 1.54) is 41.5 Å². The summed E-state index contributed by atoms with van der Waals surface area (Å²) in [5.74, 6) is 1.82. The molecule has 3 aromatic carbocycles. The Morgan fingerprint density at radius 3 is 2.42 bits per heavy atom. The molecule has 3 fully saturated rings. The molecule has 7 atom stereocenters. The number of benzene rings is 3. The first-order valence-electron chi connectivity index (χ1n) is 18.6. The molecule has 272 valence electrons. The van der Waals surface area contributed by atoms with Crippen LogP contribution in [0.3, 0.4) is 0 Å². The molecule has 2 aliphatic carbocycles. The number of fused-ring (bicyclic) bond motifs is 1. The Morgan fingerprint density at radius 2 is 1.69 bits per heavy atom. The van der Waals surface area contributed by atoms with E-state index in [9.17, 15) is 10.2 Å². The summed E-state index contributed by atoms with van der Waals surface area (Å²) in [5, 5.41) is 29.3. The Balaban J connectivity index is 1.07. The molecule has 11 nitrogen and oxygen atoms in total. The predicted molar refractivity (Wildman–Crippen MR) is 200 cm³/mol. The van der Waals surface area contributed by atoms with Crippen LogP contribution in [0.2, 0.25) is 0 Å². The van der Waals surface area contributed by atoms with Gasteiger partial charge in [0.25, 0.3) is 0 Å². The SMILES string of the molecule is COCC1O[C@@H](n2cnc3c(NCC(c4ccccc4)c4ccccc4)nc(CNC4CC45CCCC(c4ccccc4CN)C5)nc32)[C@H](O)[C@@H]1O. The van der Waals surface area contributed by atoms with E-state index in [0.29, 0.717) is 54.4 Å². The van der Waals surface area contributed by atoms with Crippen molar-refractivity contribution in [2.75, 3.05) is 25.6 Å². The number of nitrogens with one attached hydrogen (secondary N) is 2. The summed E-state index contributed by atoms with van der Waals surface area (Å²) in [6.45, 7) is 1.78. The quantitative estimate of drug-likeness (QED) is 0.113. The van der Waals surface area contributed by atoms with E-state index >= 15 is 0 Å². The minimum absolute atomic E-state index is 0.0657. The minimum atomic E-state index is -1.18. The number of aromatic nitrogens is 4. The van der Waals surface area contributed by atoms with Crippen LogP contribution in [0.4, 0.5) is 5.82 Å². The molecule has 8 rings (SSSR count). The maximum absolute atomic E-state index is 11.1. The highest BCUT2D eigenvalue weighted by atomic mass is 16.6. The maximum Gasteiger partial charge on any atom is 0.168 e. The molecule has 1 saturated heterocycles. The Bertz CT molecular complexity index is 1920. The maximum atomic E-state index is 11.1. The topological polar surface area (TPSA) is 153 Å². The fourth-order valence-electron chi connectivity index (χ4n) is 8.74. The highest BCUT2D eigenvalue weighted by Gasteiger charge is 2.55. The molecule has 11 heteroatoms. The van der Waals surface area contributed by atoms with E-state index in [-0.39, 0.29) is 17.9 Å². The van der Waals surface area contributed by atoms with Gasteiger partial charge in [0, 0.05) is 32.2 Å². The molecule has 0 bridgehead atoms. The highest BCUT2D eigenvalue weighted by Crippen LogP contribution is 2.59. The van der Waals surface area contributed by atoms with Crippen molar-refractivity contribution < 1.29 is 19.7 Å². The number of hydrogen-bond acceptors (Lipinski definition) is 10. The molecule has 2 aromatic heterocycles. The predicted octanol–water partition coefficient (Wildman–Crippen LogP) is 5.00. The third kappa shape index (κ3) is 6.84. The van der Waals surface area contributed by atoms with Crippen LogP contribution in [0.15, 0.2) is 91.3 Å². The van der Waals surface area contributed by atoms with E-state index in [2.05, 4.69) is 83.4 Å². The van der Waals surface area contributed by atoms with Crippen molar-refractivity contribution in [1.29, 1.82) is 0 Å². The average Bonchev–Trinajstić information content (AvgIpc) is 3.51. The highest BCUT2D eigenvalue weighted by molar-refractivity contribution is 5.83. The van der Waals surface area contributed by atoms with Crippen molar-refractivity contribution in [2.24, 2.45) is 11.1 Å². The van der Waals surface area contributed by atoms with Gasteiger partial charge >= 0.3 is 0 Å². The number of rotatable bonds is 13. The molecule has 3 heterocycles. The number of methoxy groups -OCH3 is 1. The molecule has 3 aliphatic rings. The number of aliphatic hydroxyl groups is 2. The fraction of sp³-hybridized carbons (Fsp3) is 0.439. The molecule has 0 amide bonds. The number of hydrogen-bond donors (Lipinski definition) is 5. The van der Waals surface area contributed by atoms with E-state index in [0.717, 1.165) is 12.8 Å². The van der Waals surface area contributed by atoms with Gasteiger partial charge in [-0.3, -0.25) is 4.57 Å². The van der Waals surface area contributed by atoms with Crippen LogP contribution >= 0.6 is 0 Å². The average molecular weight is 704 g/mol. The zero-order valence-corrected chi connectivity index (χ0v) is 29.6. The summed E-state index contributed by atoms with van der Waals surface area (Å²) >= 11 is 0. The van der Waals surface area contributed by atoms with E-state index in [4.69, 9.17) is 30.2 Å². The van der Waals surface area contributed by atoms with Crippen LogP contribution in [-0.2, 0) is 22.6 Å². The largest absolute Gasteiger partial charge is 0.387 e. The van der Waals surface area contributed by atoms with Crippen molar-refractivity contribution in [3.05, 3.63) is 119 Å². The van der Waals surface area contributed by atoms with Crippen LogP contribution in [0.1, 0.15) is 78.2 Å². The lowest BCUT2D eigenvalue weighted by Crippen LogP contribution is -2.33.